The van der Waals surface area contributed by atoms with Crippen molar-refractivity contribution in [1.29, 1.82) is 0 Å². The molecule has 0 atom stereocenters. The summed E-state index contributed by atoms with van der Waals surface area (Å²) in [6.45, 7) is 2.88. The molecule has 0 aliphatic heterocycles. The molecular weight excluding hydrogens is 391 g/mol. The molecule has 0 amide bonds. The summed E-state index contributed by atoms with van der Waals surface area (Å²) in [7, 11) is 0. The standard InChI is InChI=1S/C13H13Br2FN4/c1-2-5-17-13-18-7-10(15)12(20-13)19-8-3-4-11(16)9(14)6-8/h3-4,6-7H,2,5H2,1H3,(H2,17,18,19,20). The maximum absolute atomic E-state index is 13.2. The average Bonchev–Trinajstić information content (AvgIpc) is 2.44. The monoisotopic (exact) mass is 402 g/mol. The van der Waals surface area contributed by atoms with Crippen LogP contribution in [0.2, 0.25) is 0 Å². The van der Waals surface area contributed by atoms with Crippen LogP contribution in [0.1, 0.15) is 13.3 Å². The van der Waals surface area contributed by atoms with Gasteiger partial charge in [0.2, 0.25) is 5.95 Å². The Kier molecular flexibility index (Phi) is 5.31. The van der Waals surface area contributed by atoms with Gasteiger partial charge in [0.05, 0.1) is 8.95 Å². The van der Waals surface area contributed by atoms with E-state index in [0.29, 0.717) is 16.2 Å². The van der Waals surface area contributed by atoms with Gasteiger partial charge in [-0.3, -0.25) is 0 Å². The lowest BCUT2D eigenvalue weighted by molar-refractivity contribution is 0.621. The first-order valence-electron chi connectivity index (χ1n) is 6.08. The van der Waals surface area contributed by atoms with Crippen LogP contribution in [0.4, 0.5) is 21.8 Å². The van der Waals surface area contributed by atoms with E-state index in [4.69, 9.17) is 0 Å². The van der Waals surface area contributed by atoms with Crippen LogP contribution in [0.15, 0.2) is 33.3 Å². The molecule has 0 radical (unpaired) electrons. The van der Waals surface area contributed by atoms with Gasteiger partial charge in [0, 0.05) is 18.4 Å². The minimum atomic E-state index is -0.303. The van der Waals surface area contributed by atoms with E-state index >= 15 is 0 Å². The van der Waals surface area contributed by atoms with Gasteiger partial charge in [-0.15, -0.1) is 0 Å². The van der Waals surface area contributed by atoms with E-state index in [1.165, 1.54) is 6.07 Å². The molecule has 2 aromatic rings. The highest BCUT2D eigenvalue weighted by Gasteiger charge is 2.07. The Morgan fingerprint density at radius 3 is 2.75 bits per heavy atom. The average molecular weight is 404 g/mol. The second-order valence-electron chi connectivity index (χ2n) is 4.07. The van der Waals surface area contributed by atoms with Gasteiger partial charge in [-0.2, -0.15) is 4.98 Å². The molecule has 1 aromatic heterocycles. The lowest BCUT2D eigenvalue weighted by Crippen LogP contribution is -2.06. The minimum Gasteiger partial charge on any atom is -0.354 e. The van der Waals surface area contributed by atoms with E-state index in [0.717, 1.165) is 23.1 Å². The Balaban J connectivity index is 2.20. The second-order valence-corrected chi connectivity index (χ2v) is 5.78. The molecule has 106 valence electrons. The van der Waals surface area contributed by atoms with Crippen molar-refractivity contribution in [2.45, 2.75) is 13.3 Å². The van der Waals surface area contributed by atoms with Crippen LogP contribution in [0, 0.1) is 5.82 Å². The van der Waals surface area contributed by atoms with Crippen LogP contribution >= 0.6 is 31.9 Å². The third kappa shape index (κ3) is 3.89. The zero-order valence-electron chi connectivity index (χ0n) is 10.8. The first-order valence-corrected chi connectivity index (χ1v) is 7.67. The van der Waals surface area contributed by atoms with Crippen LogP contribution < -0.4 is 10.6 Å². The van der Waals surface area contributed by atoms with Crippen molar-refractivity contribution < 1.29 is 4.39 Å². The summed E-state index contributed by atoms with van der Waals surface area (Å²) in [5, 5.41) is 6.24. The topological polar surface area (TPSA) is 49.8 Å². The van der Waals surface area contributed by atoms with Crippen molar-refractivity contribution in [1.82, 2.24) is 9.97 Å². The van der Waals surface area contributed by atoms with Crippen molar-refractivity contribution in [2.24, 2.45) is 0 Å². The number of anilines is 3. The van der Waals surface area contributed by atoms with Gasteiger partial charge in [0.25, 0.3) is 0 Å². The molecule has 0 fully saturated rings. The number of aromatic nitrogens is 2. The van der Waals surface area contributed by atoms with Gasteiger partial charge in [-0.05, 0) is 56.5 Å². The van der Waals surface area contributed by atoms with Crippen molar-refractivity contribution in [3.8, 4) is 0 Å². The summed E-state index contributed by atoms with van der Waals surface area (Å²) in [5.41, 5.74) is 0.735. The van der Waals surface area contributed by atoms with Gasteiger partial charge in [-0.25, -0.2) is 9.37 Å². The smallest absolute Gasteiger partial charge is 0.224 e. The summed E-state index contributed by atoms with van der Waals surface area (Å²) < 4.78 is 14.3. The molecule has 20 heavy (non-hydrogen) atoms. The SMILES string of the molecule is CCCNc1ncc(Br)c(Nc2ccc(F)c(Br)c2)n1. The summed E-state index contributed by atoms with van der Waals surface area (Å²) in [6, 6.07) is 4.69. The van der Waals surface area contributed by atoms with Crippen molar-refractivity contribution >= 4 is 49.3 Å². The maximum atomic E-state index is 13.2. The third-order valence-electron chi connectivity index (χ3n) is 2.46. The Morgan fingerprint density at radius 2 is 2.05 bits per heavy atom. The Labute approximate surface area is 133 Å². The van der Waals surface area contributed by atoms with Crippen molar-refractivity contribution in [2.75, 3.05) is 17.2 Å². The quantitative estimate of drug-likeness (QED) is 0.759. The zero-order valence-corrected chi connectivity index (χ0v) is 13.9. The first kappa shape index (κ1) is 15.2. The molecule has 0 saturated carbocycles. The van der Waals surface area contributed by atoms with E-state index in [1.807, 2.05) is 0 Å². The van der Waals surface area contributed by atoms with E-state index in [2.05, 4.69) is 59.4 Å². The highest BCUT2D eigenvalue weighted by Crippen LogP contribution is 2.26. The predicted molar refractivity (Wildman–Crippen MR) is 85.9 cm³/mol. The fourth-order valence-electron chi connectivity index (χ4n) is 1.49. The van der Waals surface area contributed by atoms with Crippen molar-refractivity contribution in [3.05, 3.63) is 39.2 Å². The molecule has 7 heteroatoms. The molecule has 0 bridgehead atoms. The molecule has 0 aliphatic carbocycles. The number of halogens is 3. The van der Waals surface area contributed by atoms with Gasteiger partial charge in [0.1, 0.15) is 11.6 Å². The molecule has 1 aromatic carbocycles. The number of hydrogen-bond donors (Lipinski definition) is 2. The number of nitrogens with one attached hydrogen (secondary N) is 2. The molecule has 4 nitrogen and oxygen atoms in total. The van der Waals surface area contributed by atoms with Gasteiger partial charge >= 0.3 is 0 Å². The van der Waals surface area contributed by atoms with Crippen LogP contribution in [-0.4, -0.2) is 16.5 Å². The molecule has 0 saturated heterocycles. The van der Waals surface area contributed by atoms with Crippen LogP contribution in [0.5, 0.6) is 0 Å². The molecule has 0 aliphatic rings. The van der Waals surface area contributed by atoms with Gasteiger partial charge in [0.15, 0.2) is 0 Å². The maximum Gasteiger partial charge on any atom is 0.224 e. The third-order valence-corrected chi connectivity index (χ3v) is 3.65. The number of benzene rings is 1. The second kappa shape index (κ2) is 6.99. The Bertz CT molecular complexity index is 607. The first-order chi connectivity index (χ1) is 9.60. The fourth-order valence-corrected chi connectivity index (χ4v) is 2.16. The molecule has 2 N–H and O–H groups in total. The molecule has 1 heterocycles. The lowest BCUT2D eigenvalue weighted by Gasteiger charge is -2.10. The number of nitrogens with zero attached hydrogens (tertiary/aromatic N) is 2. The Morgan fingerprint density at radius 1 is 1.25 bits per heavy atom. The van der Waals surface area contributed by atoms with Crippen molar-refractivity contribution in [3.63, 3.8) is 0 Å². The van der Waals surface area contributed by atoms with E-state index in [9.17, 15) is 4.39 Å². The largest absolute Gasteiger partial charge is 0.354 e. The fraction of sp³-hybridized carbons (Fsp3) is 0.231. The van der Waals surface area contributed by atoms with Gasteiger partial charge < -0.3 is 10.6 Å². The zero-order chi connectivity index (χ0) is 14.5. The van der Waals surface area contributed by atoms with E-state index in [1.54, 1.807) is 18.3 Å². The summed E-state index contributed by atoms with van der Waals surface area (Å²) >= 11 is 6.54. The van der Waals surface area contributed by atoms with Crippen LogP contribution in [0.3, 0.4) is 0 Å². The number of rotatable bonds is 5. The molecule has 0 unspecified atom stereocenters. The van der Waals surface area contributed by atoms with Crippen LogP contribution in [-0.2, 0) is 0 Å². The summed E-state index contributed by atoms with van der Waals surface area (Å²) in [5.74, 6) is 0.874. The Hall–Kier alpha value is -1.21. The molecule has 2 rings (SSSR count). The minimum absolute atomic E-state index is 0.303. The highest BCUT2D eigenvalue weighted by molar-refractivity contribution is 9.10. The predicted octanol–water partition coefficient (Wildman–Crippen LogP) is 4.71. The molecular formula is C13H13Br2FN4. The van der Waals surface area contributed by atoms with Crippen LogP contribution in [0.25, 0.3) is 0 Å². The van der Waals surface area contributed by atoms with E-state index < -0.39 is 0 Å². The lowest BCUT2D eigenvalue weighted by atomic mass is 10.3. The number of hydrogen-bond acceptors (Lipinski definition) is 4. The van der Waals surface area contributed by atoms with E-state index in [-0.39, 0.29) is 5.82 Å². The summed E-state index contributed by atoms with van der Waals surface area (Å²) in [6.07, 6.45) is 2.67. The van der Waals surface area contributed by atoms with Gasteiger partial charge in [-0.1, -0.05) is 6.92 Å². The normalized spacial score (nSPS) is 10.4. The molecule has 0 spiro atoms. The summed E-state index contributed by atoms with van der Waals surface area (Å²) in [4.78, 5) is 8.54. The highest BCUT2D eigenvalue weighted by atomic mass is 79.9.